The van der Waals surface area contributed by atoms with Gasteiger partial charge in [0.25, 0.3) is 0 Å². The molecule has 2 rings (SSSR count). The van der Waals surface area contributed by atoms with Gasteiger partial charge >= 0.3 is 0 Å². The molecule has 0 spiro atoms. The topological polar surface area (TPSA) is 92.3 Å². The fourth-order valence-electron chi connectivity index (χ4n) is 2.57. The summed E-state index contributed by atoms with van der Waals surface area (Å²) in [4.78, 5) is 14.4. The van der Waals surface area contributed by atoms with Crippen molar-refractivity contribution in [2.75, 3.05) is 35.7 Å². The lowest BCUT2D eigenvalue weighted by molar-refractivity contribution is -0.130. The van der Waals surface area contributed by atoms with Crippen LogP contribution < -0.4 is 5.32 Å². The van der Waals surface area contributed by atoms with Crippen LogP contribution in [0.4, 0.5) is 5.13 Å². The van der Waals surface area contributed by atoms with Crippen molar-refractivity contribution >= 4 is 44.0 Å². The van der Waals surface area contributed by atoms with E-state index in [-0.39, 0.29) is 29.2 Å². The van der Waals surface area contributed by atoms with Crippen molar-refractivity contribution in [2.24, 2.45) is 0 Å². The van der Waals surface area contributed by atoms with Crippen LogP contribution in [0.2, 0.25) is 0 Å². The number of hydrogen-bond acceptors (Lipinski definition) is 8. The Kier molecular flexibility index (Phi) is 7.70. The number of carbonyl (C=O) groups excluding carboxylic acids is 1. The maximum Gasteiger partial charge on any atom is 0.233 e. The van der Waals surface area contributed by atoms with Gasteiger partial charge in [0.1, 0.15) is 0 Å². The zero-order valence-electron chi connectivity index (χ0n) is 14.3. The van der Waals surface area contributed by atoms with Gasteiger partial charge in [0, 0.05) is 19.1 Å². The lowest BCUT2D eigenvalue weighted by atomic mass is 10.2. The molecular formula is C15H24N4O3S3. The molecule has 1 aromatic heterocycles. The minimum atomic E-state index is -3.01. The fraction of sp³-hybridized carbons (Fsp3) is 0.667. The summed E-state index contributed by atoms with van der Waals surface area (Å²) in [5.41, 5.74) is 0. The highest BCUT2D eigenvalue weighted by Gasteiger charge is 2.34. The largest absolute Gasteiger partial charge is 0.357 e. The van der Waals surface area contributed by atoms with Crippen molar-refractivity contribution in [3.8, 4) is 0 Å². The Morgan fingerprint density at radius 3 is 2.96 bits per heavy atom. The van der Waals surface area contributed by atoms with Crippen LogP contribution in [0.1, 0.15) is 26.2 Å². The monoisotopic (exact) mass is 404 g/mol. The highest BCUT2D eigenvalue weighted by molar-refractivity contribution is 8.01. The normalized spacial score (nSPS) is 18.8. The third-order valence-electron chi connectivity index (χ3n) is 3.85. The van der Waals surface area contributed by atoms with Crippen molar-refractivity contribution in [2.45, 2.75) is 36.6 Å². The van der Waals surface area contributed by atoms with E-state index in [0.29, 0.717) is 24.6 Å². The highest BCUT2D eigenvalue weighted by Crippen LogP contribution is 2.26. The van der Waals surface area contributed by atoms with Crippen LogP contribution in [0.5, 0.6) is 0 Å². The molecule has 1 fully saturated rings. The highest BCUT2D eigenvalue weighted by atomic mass is 32.2. The molecule has 1 amide bonds. The molecule has 1 N–H and O–H groups in total. The molecule has 0 aromatic carbocycles. The third-order valence-corrected chi connectivity index (χ3v) is 7.59. The van der Waals surface area contributed by atoms with Crippen LogP contribution in [0, 0.1) is 0 Å². The predicted molar refractivity (Wildman–Crippen MR) is 103 cm³/mol. The Labute approximate surface area is 157 Å². The zero-order valence-corrected chi connectivity index (χ0v) is 16.8. The average Bonchev–Trinajstić information content (AvgIpc) is 3.17. The van der Waals surface area contributed by atoms with E-state index in [1.165, 1.54) is 23.1 Å². The lowest BCUT2D eigenvalue weighted by Crippen LogP contribution is -2.42. The molecule has 25 heavy (non-hydrogen) atoms. The van der Waals surface area contributed by atoms with E-state index in [4.69, 9.17) is 0 Å². The maximum absolute atomic E-state index is 12.6. The number of carbonyl (C=O) groups is 1. The summed E-state index contributed by atoms with van der Waals surface area (Å²) in [5, 5.41) is 11.8. The first-order valence-corrected chi connectivity index (χ1v) is 11.9. The van der Waals surface area contributed by atoms with Crippen LogP contribution in [0.25, 0.3) is 0 Å². The molecule has 1 aromatic rings. The minimum Gasteiger partial charge on any atom is -0.357 e. The van der Waals surface area contributed by atoms with Gasteiger partial charge in [0.05, 0.1) is 17.3 Å². The molecule has 0 saturated carbocycles. The zero-order chi connectivity index (χ0) is 18.3. The molecule has 10 heteroatoms. The number of anilines is 1. The first kappa shape index (κ1) is 20.2. The number of hydrogen-bond donors (Lipinski definition) is 1. The number of aromatic nitrogens is 2. The van der Waals surface area contributed by atoms with E-state index in [9.17, 15) is 13.2 Å². The first-order valence-electron chi connectivity index (χ1n) is 8.26. The summed E-state index contributed by atoms with van der Waals surface area (Å²) in [6.07, 6.45) is 4.11. The van der Waals surface area contributed by atoms with Crippen LogP contribution >= 0.6 is 23.1 Å². The van der Waals surface area contributed by atoms with E-state index < -0.39 is 9.84 Å². The second kappa shape index (κ2) is 9.54. The smallest absolute Gasteiger partial charge is 0.233 e. The molecule has 1 atom stereocenters. The molecule has 7 nitrogen and oxygen atoms in total. The molecule has 1 aliphatic rings. The minimum absolute atomic E-state index is 0.0312. The lowest BCUT2D eigenvalue weighted by Gasteiger charge is -2.28. The van der Waals surface area contributed by atoms with Gasteiger partial charge in [-0.3, -0.25) is 4.79 Å². The molecule has 0 unspecified atom stereocenters. The number of sulfone groups is 1. The summed E-state index contributed by atoms with van der Waals surface area (Å²) in [5.74, 6) is 0.476. The van der Waals surface area contributed by atoms with E-state index >= 15 is 0 Å². The van der Waals surface area contributed by atoms with Gasteiger partial charge < -0.3 is 10.2 Å². The standard InChI is InChI=1S/C15H24N4O3S3/c1-3-5-8-19(12-6-9-25(21,22)11-12)13(20)10-23-15-18-17-14(24-15)16-7-4-2/h4,12H,2-3,5-11H2,1H3,(H,16,17)/t12-/m1/s1. The Hall–Kier alpha value is -1.13. The third kappa shape index (κ3) is 6.27. The molecule has 140 valence electrons. The summed E-state index contributed by atoms with van der Waals surface area (Å²) in [6.45, 7) is 6.91. The Morgan fingerprint density at radius 1 is 1.52 bits per heavy atom. The Morgan fingerprint density at radius 2 is 2.32 bits per heavy atom. The molecule has 0 radical (unpaired) electrons. The van der Waals surface area contributed by atoms with Gasteiger partial charge in [-0.1, -0.05) is 42.5 Å². The number of nitrogens with zero attached hydrogens (tertiary/aromatic N) is 3. The van der Waals surface area contributed by atoms with E-state index in [0.717, 1.165) is 17.2 Å². The second-order valence-corrected chi connectivity index (χ2v) is 10.3. The molecular weight excluding hydrogens is 380 g/mol. The Balaban J connectivity index is 1.92. The number of rotatable bonds is 10. The predicted octanol–water partition coefficient (Wildman–Crippen LogP) is 2.04. The van der Waals surface area contributed by atoms with Crippen LogP contribution in [-0.2, 0) is 14.6 Å². The van der Waals surface area contributed by atoms with Gasteiger partial charge in [0.15, 0.2) is 14.2 Å². The van der Waals surface area contributed by atoms with E-state index in [1.807, 2.05) is 0 Å². The van der Waals surface area contributed by atoms with Crippen molar-refractivity contribution in [3.63, 3.8) is 0 Å². The second-order valence-electron chi connectivity index (χ2n) is 5.83. The maximum atomic E-state index is 12.6. The number of thioether (sulfide) groups is 1. The average molecular weight is 405 g/mol. The van der Waals surface area contributed by atoms with E-state index in [1.54, 1.807) is 11.0 Å². The van der Waals surface area contributed by atoms with Gasteiger partial charge in [0.2, 0.25) is 11.0 Å². The van der Waals surface area contributed by atoms with Crippen LogP contribution in [0.15, 0.2) is 17.0 Å². The van der Waals surface area contributed by atoms with Crippen molar-refractivity contribution in [3.05, 3.63) is 12.7 Å². The summed E-state index contributed by atoms with van der Waals surface area (Å²) >= 11 is 2.73. The molecule has 1 saturated heterocycles. The summed E-state index contributed by atoms with van der Waals surface area (Å²) in [7, 11) is -3.01. The van der Waals surface area contributed by atoms with Crippen molar-refractivity contribution in [1.82, 2.24) is 15.1 Å². The van der Waals surface area contributed by atoms with Gasteiger partial charge in [-0.05, 0) is 12.8 Å². The van der Waals surface area contributed by atoms with Gasteiger partial charge in [-0.2, -0.15) is 0 Å². The van der Waals surface area contributed by atoms with Crippen molar-refractivity contribution < 1.29 is 13.2 Å². The molecule has 2 heterocycles. The summed E-state index contributed by atoms with van der Waals surface area (Å²) < 4.78 is 24.2. The van der Waals surface area contributed by atoms with Gasteiger partial charge in [-0.15, -0.1) is 16.8 Å². The van der Waals surface area contributed by atoms with E-state index in [2.05, 4.69) is 29.0 Å². The van der Waals surface area contributed by atoms with Gasteiger partial charge in [-0.25, -0.2) is 8.42 Å². The first-order chi connectivity index (χ1) is 11.9. The Bertz CT molecular complexity index is 690. The fourth-order valence-corrected chi connectivity index (χ4v) is 5.94. The molecule has 0 aliphatic carbocycles. The quantitative estimate of drug-likeness (QED) is 0.471. The number of nitrogens with one attached hydrogen (secondary N) is 1. The summed E-state index contributed by atoms with van der Waals surface area (Å²) in [6, 6.07) is -0.191. The molecule has 0 bridgehead atoms. The van der Waals surface area contributed by atoms with Crippen molar-refractivity contribution in [1.29, 1.82) is 0 Å². The van der Waals surface area contributed by atoms with Crippen LogP contribution in [-0.4, -0.2) is 65.8 Å². The molecule has 1 aliphatic heterocycles. The number of unbranched alkanes of at least 4 members (excludes halogenated alkanes) is 1. The van der Waals surface area contributed by atoms with Crippen LogP contribution in [0.3, 0.4) is 0 Å². The SMILES string of the molecule is C=CCNc1nnc(SCC(=O)N(CCCC)[C@@H]2CCS(=O)(=O)C2)s1. The number of amides is 1.